The van der Waals surface area contributed by atoms with E-state index in [0.717, 1.165) is 24.8 Å². The van der Waals surface area contributed by atoms with Crippen LogP contribution in [0, 0.1) is 5.82 Å². The summed E-state index contributed by atoms with van der Waals surface area (Å²) in [6.45, 7) is 0.561. The Balaban J connectivity index is 2.45. The summed E-state index contributed by atoms with van der Waals surface area (Å²) in [4.78, 5) is 0. The summed E-state index contributed by atoms with van der Waals surface area (Å²) in [7, 11) is 0. The smallest absolute Gasteiger partial charge is 0.160 e. The van der Waals surface area contributed by atoms with Gasteiger partial charge in [-0.2, -0.15) is 0 Å². The molecule has 0 radical (unpaired) electrons. The average molecular weight is 248 g/mol. The molecule has 1 aliphatic carbocycles. The van der Waals surface area contributed by atoms with Crippen molar-refractivity contribution in [1.82, 2.24) is 0 Å². The molecule has 1 fully saturated rings. The van der Waals surface area contributed by atoms with Gasteiger partial charge in [-0.15, -0.1) is 0 Å². The average Bonchev–Trinajstić information content (AvgIpc) is 2.13. The topological polar surface area (TPSA) is 26.0 Å². The van der Waals surface area contributed by atoms with Crippen LogP contribution in [0.1, 0.15) is 24.8 Å². The number of hydrogen-bond donors (Lipinski definition) is 1. The second-order valence-corrected chi connectivity index (χ2v) is 4.91. The van der Waals surface area contributed by atoms with E-state index < -0.39 is 5.82 Å². The highest BCUT2D eigenvalue weighted by Crippen LogP contribution is 2.44. The van der Waals surface area contributed by atoms with Gasteiger partial charge in [0.2, 0.25) is 0 Å². The van der Waals surface area contributed by atoms with Crippen LogP contribution in [-0.2, 0) is 5.41 Å². The Kier molecular flexibility index (Phi) is 2.93. The Bertz CT molecular complexity index is 360. The Morgan fingerprint density at radius 2 is 1.80 bits per heavy atom. The fraction of sp³-hybridized carbons (Fsp3) is 0.455. The van der Waals surface area contributed by atoms with E-state index in [4.69, 9.17) is 28.9 Å². The summed E-state index contributed by atoms with van der Waals surface area (Å²) in [6, 6.07) is 3.30. The summed E-state index contributed by atoms with van der Waals surface area (Å²) in [5.74, 6) is -0.548. The van der Waals surface area contributed by atoms with Gasteiger partial charge < -0.3 is 5.73 Å². The molecule has 1 aromatic rings. The number of hydrogen-bond acceptors (Lipinski definition) is 1. The summed E-state index contributed by atoms with van der Waals surface area (Å²) in [5.41, 5.74) is 6.70. The molecule has 0 heterocycles. The molecule has 1 aromatic carbocycles. The van der Waals surface area contributed by atoms with E-state index in [1.165, 1.54) is 0 Å². The van der Waals surface area contributed by atoms with Crippen LogP contribution >= 0.6 is 23.2 Å². The molecule has 1 nitrogen and oxygen atoms in total. The summed E-state index contributed by atoms with van der Waals surface area (Å²) in [5, 5.41) is 0.162. The number of rotatable bonds is 2. The van der Waals surface area contributed by atoms with Crippen molar-refractivity contribution in [2.24, 2.45) is 5.73 Å². The monoisotopic (exact) mass is 247 g/mol. The van der Waals surface area contributed by atoms with E-state index >= 15 is 0 Å². The lowest BCUT2D eigenvalue weighted by atomic mass is 9.64. The van der Waals surface area contributed by atoms with Gasteiger partial charge in [-0.3, -0.25) is 0 Å². The van der Waals surface area contributed by atoms with Crippen LogP contribution in [0.25, 0.3) is 0 Å². The minimum Gasteiger partial charge on any atom is -0.330 e. The zero-order valence-corrected chi connectivity index (χ0v) is 9.71. The van der Waals surface area contributed by atoms with Gasteiger partial charge in [0.1, 0.15) is 0 Å². The first kappa shape index (κ1) is 11.2. The van der Waals surface area contributed by atoms with E-state index in [1.807, 2.05) is 0 Å². The molecular formula is C11H12Cl2FN. The molecule has 0 unspecified atom stereocenters. The van der Waals surface area contributed by atoms with Gasteiger partial charge in [-0.25, -0.2) is 4.39 Å². The number of nitrogens with two attached hydrogens (primary N) is 1. The highest BCUT2D eigenvalue weighted by molar-refractivity contribution is 6.35. The molecule has 0 bridgehead atoms. The van der Waals surface area contributed by atoms with Gasteiger partial charge in [0.05, 0.1) is 10.0 Å². The Hall–Kier alpha value is -0.310. The standard InChI is InChI=1S/C11H12Cl2FN/c12-8-4-7(5-9(13)10(8)14)11(6-15)2-1-3-11/h4-5H,1-3,6,15H2. The third kappa shape index (κ3) is 1.75. The van der Waals surface area contributed by atoms with Crippen molar-refractivity contribution in [2.45, 2.75) is 24.7 Å². The predicted molar refractivity (Wildman–Crippen MR) is 61.0 cm³/mol. The summed E-state index contributed by atoms with van der Waals surface area (Å²) in [6.07, 6.45) is 3.22. The lowest BCUT2D eigenvalue weighted by Crippen LogP contribution is -2.41. The van der Waals surface area contributed by atoms with E-state index in [2.05, 4.69) is 0 Å². The van der Waals surface area contributed by atoms with Crippen LogP contribution in [0.15, 0.2) is 12.1 Å². The largest absolute Gasteiger partial charge is 0.330 e. The van der Waals surface area contributed by atoms with Gasteiger partial charge in [-0.05, 0) is 30.5 Å². The lowest BCUT2D eigenvalue weighted by Gasteiger charge is -2.41. The Labute approximate surface area is 98.4 Å². The van der Waals surface area contributed by atoms with Crippen molar-refractivity contribution in [3.63, 3.8) is 0 Å². The second kappa shape index (κ2) is 3.93. The number of benzene rings is 1. The molecule has 2 rings (SSSR count). The maximum Gasteiger partial charge on any atom is 0.160 e. The zero-order valence-electron chi connectivity index (χ0n) is 8.19. The highest BCUT2D eigenvalue weighted by atomic mass is 35.5. The molecule has 1 saturated carbocycles. The minimum atomic E-state index is -0.548. The van der Waals surface area contributed by atoms with E-state index in [1.54, 1.807) is 12.1 Å². The first-order chi connectivity index (χ1) is 7.09. The minimum absolute atomic E-state index is 0.0268. The normalized spacial score (nSPS) is 18.7. The van der Waals surface area contributed by atoms with Crippen molar-refractivity contribution in [3.8, 4) is 0 Å². The van der Waals surface area contributed by atoms with Crippen LogP contribution in [0.2, 0.25) is 10.0 Å². The molecule has 0 aliphatic heterocycles. The summed E-state index contributed by atoms with van der Waals surface area (Å²) < 4.78 is 13.2. The molecule has 1 aliphatic rings. The van der Waals surface area contributed by atoms with Gasteiger partial charge in [-0.1, -0.05) is 29.6 Å². The highest BCUT2D eigenvalue weighted by Gasteiger charge is 2.37. The van der Waals surface area contributed by atoms with Gasteiger partial charge in [0.15, 0.2) is 5.82 Å². The van der Waals surface area contributed by atoms with Crippen LogP contribution in [-0.4, -0.2) is 6.54 Å². The molecule has 0 amide bonds. The van der Waals surface area contributed by atoms with Crippen molar-refractivity contribution < 1.29 is 4.39 Å². The maximum absolute atomic E-state index is 13.2. The zero-order chi connectivity index (χ0) is 11.1. The van der Waals surface area contributed by atoms with E-state index in [0.29, 0.717) is 6.54 Å². The molecule has 0 saturated heterocycles. The van der Waals surface area contributed by atoms with Gasteiger partial charge >= 0.3 is 0 Å². The summed E-state index contributed by atoms with van der Waals surface area (Å²) >= 11 is 11.5. The van der Waals surface area contributed by atoms with Crippen molar-refractivity contribution >= 4 is 23.2 Å². The first-order valence-electron chi connectivity index (χ1n) is 4.94. The van der Waals surface area contributed by atoms with E-state index in [-0.39, 0.29) is 15.5 Å². The van der Waals surface area contributed by atoms with Gasteiger partial charge in [0, 0.05) is 12.0 Å². The predicted octanol–water partition coefficient (Wildman–Crippen LogP) is 3.51. The third-order valence-corrected chi connectivity index (χ3v) is 3.85. The third-order valence-electron chi connectivity index (χ3n) is 3.30. The lowest BCUT2D eigenvalue weighted by molar-refractivity contribution is 0.253. The van der Waals surface area contributed by atoms with Gasteiger partial charge in [0.25, 0.3) is 0 Å². The fourth-order valence-electron chi connectivity index (χ4n) is 2.08. The molecule has 2 N–H and O–H groups in total. The Morgan fingerprint density at radius 1 is 1.27 bits per heavy atom. The van der Waals surface area contributed by atoms with Crippen LogP contribution < -0.4 is 5.73 Å². The van der Waals surface area contributed by atoms with Crippen LogP contribution in [0.4, 0.5) is 4.39 Å². The number of halogens is 3. The van der Waals surface area contributed by atoms with Crippen molar-refractivity contribution in [1.29, 1.82) is 0 Å². The molecule has 0 aromatic heterocycles. The molecule has 82 valence electrons. The maximum atomic E-state index is 13.2. The molecule has 4 heteroatoms. The molecule has 15 heavy (non-hydrogen) atoms. The second-order valence-electron chi connectivity index (χ2n) is 4.09. The SMILES string of the molecule is NCC1(c2cc(Cl)c(F)c(Cl)c2)CCC1. The van der Waals surface area contributed by atoms with E-state index in [9.17, 15) is 4.39 Å². The van der Waals surface area contributed by atoms with Crippen molar-refractivity contribution in [2.75, 3.05) is 6.54 Å². The molecular weight excluding hydrogens is 236 g/mol. The van der Waals surface area contributed by atoms with Crippen LogP contribution in [0.5, 0.6) is 0 Å². The molecule has 0 spiro atoms. The first-order valence-corrected chi connectivity index (χ1v) is 5.70. The molecule has 0 atom stereocenters. The van der Waals surface area contributed by atoms with Crippen molar-refractivity contribution in [3.05, 3.63) is 33.6 Å². The quantitative estimate of drug-likeness (QED) is 0.796. The van der Waals surface area contributed by atoms with Crippen LogP contribution in [0.3, 0.4) is 0 Å². The fourth-order valence-corrected chi connectivity index (χ4v) is 2.56. The Morgan fingerprint density at radius 3 is 2.13 bits per heavy atom.